The Morgan fingerprint density at radius 3 is 2.48 bits per heavy atom. The average molecular weight is 386 g/mol. The predicted molar refractivity (Wildman–Crippen MR) is 108 cm³/mol. The number of benzene rings is 1. The van der Waals surface area contributed by atoms with E-state index >= 15 is 0 Å². The van der Waals surface area contributed by atoms with Gasteiger partial charge in [-0.15, -0.1) is 0 Å². The molecule has 0 radical (unpaired) electrons. The molecule has 0 saturated carbocycles. The highest BCUT2D eigenvalue weighted by atomic mass is 35.5. The van der Waals surface area contributed by atoms with E-state index in [0.717, 1.165) is 28.3 Å². The number of aryl methyl sites for hydroxylation is 1. The highest BCUT2D eigenvalue weighted by Gasteiger charge is 2.19. The molecule has 27 heavy (non-hydrogen) atoms. The van der Waals surface area contributed by atoms with Gasteiger partial charge in [0.15, 0.2) is 5.82 Å². The summed E-state index contributed by atoms with van der Waals surface area (Å²) >= 11 is 5.96. The lowest BCUT2D eigenvalue weighted by Crippen LogP contribution is -2.15. The molecular weight excluding hydrogens is 362 g/mol. The van der Waals surface area contributed by atoms with Gasteiger partial charge in [0.1, 0.15) is 0 Å². The molecule has 1 aromatic carbocycles. The van der Waals surface area contributed by atoms with Gasteiger partial charge in [-0.3, -0.25) is 9.89 Å². The molecule has 1 amide bonds. The maximum absolute atomic E-state index is 12.5. The Kier molecular flexibility index (Phi) is 5.11. The van der Waals surface area contributed by atoms with Crippen molar-refractivity contribution in [2.75, 3.05) is 5.32 Å². The zero-order chi connectivity index (χ0) is 19.8. The summed E-state index contributed by atoms with van der Waals surface area (Å²) in [5.41, 5.74) is 4.50. The minimum atomic E-state index is -0.121. The topological polar surface area (TPSA) is 75.6 Å². The fourth-order valence-electron chi connectivity index (χ4n) is 2.88. The Bertz CT molecular complexity index is 963. The normalized spacial score (nSPS) is 11.6. The third-order valence-corrected chi connectivity index (χ3v) is 4.76. The Labute approximate surface area is 163 Å². The summed E-state index contributed by atoms with van der Waals surface area (Å²) in [5.74, 6) is 0.411. The number of amides is 1. The van der Waals surface area contributed by atoms with E-state index in [2.05, 4.69) is 41.4 Å². The average Bonchev–Trinajstić information content (AvgIpc) is 3.16. The van der Waals surface area contributed by atoms with Gasteiger partial charge in [-0.25, -0.2) is 4.68 Å². The van der Waals surface area contributed by atoms with Gasteiger partial charge in [0, 0.05) is 33.5 Å². The molecule has 7 heteroatoms. The molecule has 0 bridgehead atoms. The number of hydrogen-bond acceptors (Lipinski definition) is 3. The minimum Gasteiger partial charge on any atom is -0.309 e. The number of nitrogens with one attached hydrogen (secondary N) is 2. The van der Waals surface area contributed by atoms with Gasteiger partial charge in [0.25, 0.3) is 0 Å². The number of carbonyl (C=O) groups is 1. The summed E-state index contributed by atoms with van der Waals surface area (Å²) in [6, 6.07) is 9.33. The van der Waals surface area contributed by atoms with Gasteiger partial charge in [-0.2, -0.15) is 10.2 Å². The molecule has 2 aromatic heterocycles. The number of anilines is 1. The number of nitrogens with zero attached hydrogens (tertiary/aromatic N) is 3. The molecule has 3 rings (SSSR count). The largest absolute Gasteiger partial charge is 0.309 e. The van der Waals surface area contributed by atoms with Crippen LogP contribution in [0.4, 0.5) is 5.82 Å². The first-order chi connectivity index (χ1) is 12.6. The van der Waals surface area contributed by atoms with Gasteiger partial charge >= 0.3 is 0 Å². The molecular formula is C20H24ClN5O. The second kappa shape index (κ2) is 7.19. The van der Waals surface area contributed by atoms with E-state index in [1.807, 2.05) is 48.9 Å². The SMILES string of the molecule is Cc1nn(-c2ccc(Cl)cc2)c(C)c1CC(=O)Nc1cc(C(C)(C)C)[nH]n1. The number of H-pyrrole nitrogens is 1. The fraction of sp³-hybridized carbons (Fsp3) is 0.350. The van der Waals surface area contributed by atoms with Crippen LogP contribution in [-0.4, -0.2) is 25.9 Å². The van der Waals surface area contributed by atoms with Crippen molar-refractivity contribution < 1.29 is 4.79 Å². The van der Waals surface area contributed by atoms with Gasteiger partial charge in [0.2, 0.25) is 5.91 Å². The summed E-state index contributed by atoms with van der Waals surface area (Å²) in [6.45, 7) is 10.1. The van der Waals surface area contributed by atoms with Crippen molar-refractivity contribution >= 4 is 23.3 Å². The van der Waals surface area contributed by atoms with Crippen molar-refractivity contribution in [1.82, 2.24) is 20.0 Å². The summed E-state index contributed by atoms with van der Waals surface area (Å²) in [6.07, 6.45) is 0.239. The van der Waals surface area contributed by atoms with E-state index in [1.165, 1.54) is 0 Å². The molecule has 142 valence electrons. The summed E-state index contributed by atoms with van der Waals surface area (Å²) in [4.78, 5) is 12.5. The first kappa shape index (κ1) is 19.2. The van der Waals surface area contributed by atoms with Crippen molar-refractivity contribution in [3.05, 3.63) is 58.0 Å². The van der Waals surface area contributed by atoms with E-state index in [1.54, 1.807) is 0 Å². The lowest BCUT2D eigenvalue weighted by Gasteiger charge is -2.14. The molecule has 0 atom stereocenters. The van der Waals surface area contributed by atoms with Crippen LogP contribution in [0.2, 0.25) is 5.02 Å². The van der Waals surface area contributed by atoms with Crippen molar-refractivity contribution in [3.8, 4) is 5.69 Å². The van der Waals surface area contributed by atoms with E-state index in [4.69, 9.17) is 11.6 Å². The third-order valence-electron chi connectivity index (χ3n) is 4.50. The van der Waals surface area contributed by atoms with Gasteiger partial charge in [-0.1, -0.05) is 32.4 Å². The number of rotatable bonds is 4. The van der Waals surface area contributed by atoms with Crippen molar-refractivity contribution in [2.24, 2.45) is 0 Å². The maximum Gasteiger partial charge on any atom is 0.230 e. The number of aromatic nitrogens is 4. The van der Waals surface area contributed by atoms with Crippen LogP contribution >= 0.6 is 11.6 Å². The van der Waals surface area contributed by atoms with E-state index in [-0.39, 0.29) is 17.7 Å². The Hall–Kier alpha value is -2.60. The van der Waals surface area contributed by atoms with Crippen LogP contribution in [0.15, 0.2) is 30.3 Å². The number of aromatic amines is 1. The summed E-state index contributed by atoms with van der Waals surface area (Å²) in [5, 5.41) is 15.3. The van der Waals surface area contributed by atoms with Crippen molar-refractivity contribution in [2.45, 2.75) is 46.5 Å². The third kappa shape index (κ3) is 4.22. The van der Waals surface area contributed by atoms with Crippen LogP contribution in [0.25, 0.3) is 5.69 Å². The lowest BCUT2D eigenvalue weighted by molar-refractivity contribution is -0.115. The van der Waals surface area contributed by atoms with E-state index in [9.17, 15) is 4.79 Å². The number of halogens is 1. The van der Waals surface area contributed by atoms with Crippen LogP contribution in [0.5, 0.6) is 0 Å². The molecule has 0 aliphatic rings. The minimum absolute atomic E-state index is 0.0527. The highest BCUT2D eigenvalue weighted by Crippen LogP contribution is 2.23. The molecule has 0 fully saturated rings. The fourth-order valence-corrected chi connectivity index (χ4v) is 3.01. The molecule has 2 heterocycles. The molecule has 0 unspecified atom stereocenters. The summed E-state index contributed by atoms with van der Waals surface area (Å²) < 4.78 is 1.83. The second-order valence-corrected chi connectivity index (χ2v) is 8.12. The van der Waals surface area contributed by atoms with Crippen molar-refractivity contribution in [1.29, 1.82) is 0 Å². The molecule has 0 aliphatic carbocycles. The van der Waals surface area contributed by atoms with Crippen LogP contribution in [-0.2, 0) is 16.6 Å². The molecule has 3 aromatic rings. The first-order valence-corrected chi connectivity index (χ1v) is 9.19. The van der Waals surface area contributed by atoms with Gasteiger partial charge in [0.05, 0.1) is 17.8 Å². The Morgan fingerprint density at radius 2 is 1.89 bits per heavy atom. The van der Waals surface area contributed by atoms with E-state index in [0.29, 0.717) is 10.8 Å². The number of carbonyl (C=O) groups excluding carboxylic acids is 1. The van der Waals surface area contributed by atoms with E-state index < -0.39 is 0 Å². The Morgan fingerprint density at radius 1 is 1.22 bits per heavy atom. The van der Waals surface area contributed by atoms with Crippen LogP contribution in [0.3, 0.4) is 0 Å². The number of hydrogen-bond donors (Lipinski definition) is 2. The standard InChI is InChI=1S/C20H24ClN5O/c1-12-16(13(2)26(25-12)15-8-6-14(21)7-9-15)10-19(27)22-18-11-17(23-24-18)20(3,4)5/h6-9,11H,10H2,1-5H3,(H2,22,23,24,27). The quantitative estimate of drug-likeness (QED) is 0.701. The Balaban J connectivity index is 1.76. The van der Waals surface area contributed by atoms with Gasteiger partial charge < -0.3 is 5.32 Å². The summed E-state index contributed by atoms with van der Waals surface area (Å²) in [7, 11) is 0. The zero-order valence-corrected chi connectivity index (χ0v) is 17.0. The first-order valence-electron chi connectivity index (χ1n) is 8.82. The lowest BCUT2D eigenvalue weighted by atomic mass is 9.92. The monoisotopic (exact) mass is 385 g/mol. The maximum atomic E-state index is 12.5. The molecule has 0 spiro atoms. The van der Waals surface area contributed by atoms with Crippen LogP contribution in [0, 0.1) is 13.8 Å². The molecule has 0 aliphatic heterocycles. The molecule has 6 nitrogen and oxygen atoms in total. The molecule has 0 saturated heterocycles. The second-order valence-electron chi connectivity index (χ2n) is 7.68. The zero-order valence-electron chi connectivity index (χ0n) is 16.2. The van der Waals surface area contributed by atoms with Crippen LogP contribution in [0.1, 0.15) is 43.4 Å². The van der Waals surface area contributed by atoms with Crippen LogP contribution < -0.4 is 5.32 Å². The molecule has 2 N–H and O–H groups in total. The highest BCUT2D eigenvalue weighted by molar-refractivity contribution is 6.30. The van der Waals surface area contributed by atoms with Crippen molar-refractivity contribution in [3.63, 3.8) is 0 Å². The smallest absolute Gasteiger partial charge is 0.230 e. The predicted octanol–water partition coefficient (Wildman–Crippen LogP) is 4.34. The van der Waals surface area contributed by atoms with Gasteiger partial charge in [-0.05, 0) is 38.1 Å².